The van der Waals surface area contributed by atoms with Gasteiger partial charge in [-0.15, -0.1) is 0 Å². The second-order valence-corrected chi connectivity index (χ2v) is 6.76. The van der Waals surface area contributed by atoms with Crippen LogP contribution in [0.25, 0.3) is 0 Å². The summed E-state index contributed by atoms with van der Waals surface area (Å²) in [5, 5.41) is 2.81. The fourth-order valence-electron chi connectivity index (χ4n) is 3.70. The minimum atomic E-state index is -0.901. The molecule has 2 aliphatic heterocycles. The molecule has 2 aliphatic rings. The Morgan fingerprint density at radius 2 is 1.93 bits per heavy atom. The van der Waals surface area contributed by atoms with Crippen LogP contribution in [0.4, 0.5) is 5.69 Å². The Bertz CT molecular complexity index is 989. The molecule has 2 aromatic carbocycles. The highest BCUT2D eigenvalue weighted by atomic mass is 16.6. The first-order chi connectivity index (χ1) is 14.0. The molecule has 2 unspecified atom stereocenters. The number of hydrogen-bond donors (Lipinski definition) is 1. The Balaban J connectivity index is 1.59. The monoisotopic (exact) mass is 396 g/mol. The second kappa shape index (κ2) is 7.46. The number of nitrogens with one attached hydrogen (secondary N) is 1. The molecule has 1 saturated heterocycles. The van der Waals surface area contributed by atoms with Crippen molar-refractivity contribution in [3.63, 3.8) is 0 Å². The molecule has 8 nitrogen and oxygen atoms in total. The molecule has 0 radical (unpaired) electrons. The van der Waals surface area contributed by atoms with Crippen LogP contribution in [0.1, 0.15) is 35.0 Å². The van der Waals surface area contributed by atoms with E-state index in [0.717, 1.165) is 0 Å². The van der Waals surface area contributed by atoms with Gasteiger partial charge in [-0.3, -0.25) is 14.5 Å². The zero-order valence-electron chi connectivity index (χ0n) is 16.0. The highest BCUT2D eigenvalue weighted by molar-refractivity contribution is 6.01. The minimum absolute atomic E-state index is 0.202. The molecule has 2 aromatic rings. The van der Waals surface area contributed by atoms with E-state index in [2.05, 4.69) is 5.32 Å². The molecule has 0 saturated carbocycles. The summed E-state index contributed by atoms with van der Waals surface area (Å²) in [5.41, 5.74) is 1.46. The molecule has 2 atom stereocenters. The van der Waals surface area contributed by atoms with Crippen LogP contribution in [0, 0.1) is 0 Å². The van der Waals surface area contributed by atoms with Crippen molar-refractivity contribution in [2.45, 2.75) is 25.1 Å². The molecule has 150 valence electrons. The van der Waals surface area contributed by atoms with Crippen LogP contribution in [0.15, 0.2) is 42.5 Å². The molecule has 2 heterocycles. The first-order valence-electron chi connectivity index (χ1n) is 9.17. The zero-order chi connectivity index (χ0) is 20.5. The molecule has 4 rings (SSSR count). The number of fused-ring (bicyclic) bond motifs is 1. The number of amides is 2. The van der Waals surface area contributed by atoms with Crippen molar-refractivity contribution in [2.75, 3.05) is 19.5 Å². The van der Waals surface area contributed by atoms with Gasteiger partial charge in [-0.25, -0.2) is 4.79 Å². The Kier molecular flexibility index (Phi) is 4.84. The number of rotatable bonds is 5. The van der Waals surface area contributed by atoms with Gasteiger partial charge in [-0.1, -0.05) is 18.2 Å². The molecule has 29 heavy (non-hydrogen) atoms. The molecule has 0 spiro atoms. The predicted molar refractivity (Wildman–Crippen MR) is 103 cm³/mol. The first kappa shape index (κ1) is 18.8. The molecule has 1 N–H and O–H groups in total. The van der Waals surface area contributed by atoms with Gasteiger partial charge in [-0.05, 0) is 24.6 Å². The van der Waals surface area contributed by atoms with E-state index in [1.54, 1.807) is 42.5 Å². The third-order valence-electron chi connectivity index (χ3n) is 5.14. The fraction of sp³-hybridized carbons (Fsp3) is 0.286. The Morgan fingerprint density at radius 3 is 2.69 bits per heavy atom. The zero-order valence-corrected chi connectivity index (χ0v) is 16.0. The van der Waals surface area contributed by atoms with Crippen LogP contribution in [-0.4, -0.2) is 42.9 Å². The summed E-state index contributed by atoms with van der Waals surface area (Å²) in [5.74, 6) is -0.0828. The van der Waals surface area contributed by atoms with Crippen LogP contribution >= 0.6 is 0 Å². The molecule has 1 fully saturated rings. The fourth-order valence-corrected chi connectivity index (χ4v) is 3.70. The lowest BCUT2D eigenvalue weighted by Crippen LogP contribution is -2.43. The number of benzene rings is 2. The molecular formula is C21H20N2O6. The van der Waals surface area contributed by atoms with E-state index in [1.807, 2.05) is 0 Å². The lowest BCUT2D eigenvalue weighted by molar-refractivity contribution is -0.144. The van der Waals surface area contributed by atoms with E-state index < -0.39 is 18.2 Å². The van der Waals surface area contributed by atoms with E-state index in [-0.39, 0.29) is 18.2 Å². The summed E-state index contributed by atoms with van der Waals surface area (Å²) < 4.78 is 15.9. The summed E-state index contributed by atoms with van der Waals surface area (Å²) in [7, 11) is 3.03. The van der Waals surface area contributed by atoms with E-state index in [1.165, 1.54) is 19.1 Å². The van der Waals surface area contributed by atoms with Crippen LogP contribution in [0.5, 0.6) is 11.5 Å². The Labute approximate surface area is 167 Å². The van der Waals surface area contributed by atoms with Crippen LogP contribution < -0.4 is 14.8 Å². The van der Waals surface area contributed by atoms with Crippen LogP contribution in [0.3, 0.4) is 0 Å². The van der Waals surface area contributed by atoms with Crippen molar-refractivity contribution in [2.24, 2.45) is 0 Å². The van der Waals surface area contributed by atoms with Crippen molar-refractivity contribution in [1.29, 1.82) is 0 Å². The lowest BCUT2D eigenvalue weighted by atomic mass is 10.1. The second-order valence-electron chi connectivity index (χ2n) is 6.76. The summed E-state index contributed by atoms with van der Waals surface area (Å²) in [6.45, 7) is 0. The summed E-state index contributed by atoms with van der Waals surface area (Å²) in [6.07, 6.45) is -0.366. The molecule has 8 heteroatoms. The third kappa shape index (κ3) is 3.26. The normalized spacial score (nSPS) is 20.3. The van der Waals surface area contributed by atoms with Crippen LogP contribution in [-0.2, 0) is 14.3 Å². The molecule has 0 aliphatic carbocycles. The smallest absolute Gasteiger partial charge is 0.340 e. The number of carbonyl (C=O) groups excluding carboxylic acids is 3. The van der Waals surface area contributed by atoms with E-state index in [9.17, 15) is 14.4 Å². The summed E-state index contributed by atoms with van der Waals surface area (Å²) in [6, 6.07) is 11.1. The number of carbonyl (C=O) groups is 3. The SMILES string of the molecule is COc1ccc(NC(=O)C2CCC(=O)N2C2OC(=O)c3ccccc32)c(OC)c1. The van der Waals surface area contributed by atoms with Gasteiger partial charge >= 0.3 is 5.97 Å². The van der Waals surface area contributed by atoms with Gasteiger partial charge in [-0.2, -0.15) is 0 Å². The number of cyclic esters (lactones) is 1. The number of esters is 1. The summed E-state index contributed by atoms with van der Waals surface area (Å²) >= 11 is 0. The number of ether oxygens (including phenoxy) is 3. The molecule has 2 amide bonds. The van der Waals surface area contributed by atoms with Gasteiger partial charge in [0.15, 0.2) is 0 Å². The number of methoxy groups -OCH3 is 2. The average Bonchev–Trinajstić information content (AvgIpc) is 3.28. The van der Waals surface area contributed by atoms with Gasteiger partial charge in [0.1, 0.15) is 17.5 Å². The largest absolute Gasteiger partial charge is 0.497 e. The third-order valence-corrected chi connectivity index (χ3v) is 5.14. The number of anilines is 1. The Hall–Kier alpha value is -3.55. The highest BCUT2D eigenvalue weighted by Gasteiger charge is 2.46. The maximum absolute atomic E-state index is 13.0. The van der Waals surface area contributed by atoms with Crippen molar-refractivity contribution in [3.8, 4) is 11.5 Å². The van der Waals surface area contributed by atoms with Gasteiger partial charge in [0.2, 0.25) is 18.0 Å². The van der Waals surface area contributed by atoms with Crippen molar-refractivity contribution in [1.82, 2.24) is 4.90 Å². The number of likely N-dealkylation sites (tertiary alicyclic amines) is 1. The Morgan fingerprint density at radius 1 is 1.14 bits per heavy atom. The van der Waals surface area contributed by atoms with E-state index in [4.69, 9.17) is 14.2 Å². The first-order valence-corrected chi connectivity index (χ1v) is 9.17. The number of hydrogen-bond acceptors (Lipinski definition) is 6. The highest BCUT2D eigenvalue weighted by Crippen LogP contribution is 2.38. The van der Waals surface area contributed by atoms with Crippen molar-refractivity contribution in [3.05, 3.63) is 53.6 Å². The number of nitrogens with zero attached hydrogens (tertiary/aromatic N) is 1. The maximum atomic E-state index is 13.0. The van der Waals surface area contributed by atoms with Gasteiger partial charge in [0.25, 0.3) is 0 Å². The maximum Gasteiger partial charge on any atom is 0.340 e. The van der Waals surface area contributed by atoms with E-state index >= 15 is 0 Å². The lowest BCUT2D eigenvalue weighted by Gasteiger charge is -2.29. The minimum Gasteiger partial charge on any atom is -0.497 e. The van der Waals surface area contributed by atoms with Gasteiger partial charge in [0.05, 0.1) is 25.5 Å². The predicted octanol–water partition coefficient (Wildman–Crippen LogP) is 2.50. The standard InChI is InChI=1S/C21H20N2O6/c1-27-12-7-8-15(17(11-12)28-2)22-19(25)16-9-10-18(24)23(16)20-13-5-3-4-6-14(13)21(26)29-20/h3-8,11,16,20H,9-10H2,1-2H3,(H,22,25). The average molecular weight is 396 g/mol. The van der Waals surface area contributed by atoms with Crippen molar-refractivity contribution < 1.29 is 28.6 Å². The van der Waals surface area contributed by atoms with Crippen LogP contribution in [0.2, 0.25) is 0 Å². The molecular weight excluding hydrogens is 376 g/mol. The summed E-state index contributed by atoms with van der Waals surface area (Å²) in [4.78, 5) is 39.1. The topological polar surface area (TPSA) is 94.2 Å². The molecule has 0 bridgehead atoms. The van der Waals surface area contributed by atoms with Crippen molar-refractivity contribution >= 4 is 23.5 Å². The quantitative estimate of drug-likeness (QED) is 0.781. The van der Waals surface area contributed by atoms with E-state index in [0.29, 0.717) is 34.7 Å². The van der Waals surface area contributed by atoms with Gasteiger partial charge < -0.3 is 19.5 Å². The van der Waals surface area contributed by atoms with Gasteiger partial charge in [0, 0.05) is 18.1 Å². The molecule has 0 aromatic heterocycles.